The quantitative estimate of drug-likeness (QED) is 0.552. The number of benzene rings is 1. The molecule has 0 saturated carbocycles. The van der Waals surface area contributed by atoms with E-state index in [2.05, 4.69) is 11.8 Å². The SMILES string of the molecule is N#CCC#Cc1ccccc1C#N. The summed E-state index contributed by atoms with van der Waals surface area (Å²) in [4.78, 5) is 0. The molecular formula is C11H6N2. The maximum absolute atomic E-state index is 8.69. The molecule has 0 aliphatic heterocycles. The molecule has 60 valence electrons. The van der Waals surface area contributed by atoms with E-state index in [1.165, 1.54) is 0 Å². The molecule has 1 aromatic carbocycles. The molecule has 0 bridgehead atoms. The standard InChI is InChI=1S/C11H6N2/c12-8-4-3-6-10-5-1-2-7-11(10)9-13/h1-2,5,7H,4H2. The van der Waals surface area contributed by atoms with Gasteiger partial charge in [-0.25, -0.2) is 0 Å². The van der Waals surface area contributed by atoms with Gasteiger partial charge in [-0.05, 0) is 12.1 Å². The van der Waals surface area contributed by atoms with Crippen LogP contribution in [0.2, 0.25) is 0 Å². The molecule has 0 aliphatic rings. The van der Waals surface area contributed by atoms with Crippen LogP contribution in [0.15, 0.2) is 24.3 Å². The van der Waals surface area contributed by atoms with Crippen LogP contribution in [0.3, 0.4) is 0 Å². The van der Waals surface area contributed by atoms with Crippen LogP contribution in [0, 0.1) is 34.5 Å². The first-order valence-electron chi connectivity index (χ1n) is 3.73. The van der Waals surface area contributed by atoms with Crippen molar-refractivity contribution in [2.24, 2.45) is 0 Å². The Morgan fingerprint density at radius 2 is 1.77 bits per heavy atom. The minimum absolute atomic E-state index is 0.194. The van der Waals surface area contributed by atoms with Crippen molar-refractivity contribution in [1.82, 2.24) is 0 Å². The maximum Gasteiger partial charge on any atom is 0.100 e. The van der Waals surface area contributed by atoms with E-state index in [-0.39, 0.29) is 6.42 Å². The first-order chi connectivity index (χ1) is 6.38. The maximum atomic E-state index is 8.69. The fraction of sp³-hybridized carbons (Fsp3) is 0.0909. The molecule has 0 fully saturated rings. The third kappa shape index (κ3) is 2.37. The number of nitrogens with zero attached hydrogens (tertiary/aromatic N) is 2. The van der Waals surface area contributed by atoms with Crippen LogP contribution >= 0.6 is 0 Å². The van der Waals surface area contributed by atoms with Gasteiger partial charge in [-0.15, -0.1) is 0 Å². The van der Waals surface area contributed by atoms with E-state index < -0.39 is 0 Å². The lowest BCUT2D eigenvalue weighted by Crippen LogP contribution is -1.80. The van der Waals surface area contributed by atoms with Gasteiger partial charge in [0.2, 0.25) is 0 Å². The number of hydrogen-bond acceptors (Lipinski definition) is 2. The molecule has 0 amide bonds. The Kier molecular flexibility index (Phi) is 3.13. The average molecular weight is 166 g/mol. The Hall–Kier alpha value is -2.24. The summed E-state index contributed by atoms with van der Waals surface area (Å²) in [6.45, 7) is 0. The lowest BCUT2D eigenvalue weighted by molar-refractivity contribution is 1.39. The summed E-state index contributed by atoms with van der Waals surface area (Å²) in [5.41, 5.74) is 1.23. The lowest BCUT2D eigenvalue weighted by Gasteiger charge is -1.91. The van der Waals surface area contributed by atoms with Crippen LogP contribution in [0.25, 0.3) is 0 Å². The summed E-state index contributed by atoms with van der Waals surface area (Å²) in [6.07, 6.45) is 0.194. The molecule has 1 aromatic rings. The zero-order valence-corrected chi connectivity index (χ0v) is 6.91. The first kappa shape index (κ1) is 8.85. The van der Waals surface area contributed by atoms with Crippen LogP contribution in [-0.4, -0.2) is 0 Å². The van der Waals surface area contributed by atoms with Crippen molar-refractivity contribution in [3.05, 3.63) is 35.4 Å². The van der Waals surface area contributed by atoms with Crippen molar-refractivity contribution < 1.29 is 0 Å². The average Bonchev–Trinajstić information content (AvgIpc) is 2.19. The Morgan fingerprint density at radius 3 is 2.38 bits per heavy atom. The molecule has 0 N–H and O–H groups in total. The fourth-order valence-electron chi connectivity index (χ4n) is 0.869. The van der Waals surface area contributed by atoms with Crippen LogP contribution in [0.1, 0.15) is 17.5 Å². The molecular weight excluding hydrogens is 160 g/mol. The second-order valence-corrected chi connectivity index (χ2v) is 2.29. The number of rotatable bonds is 0. The molecule has 0 aromatic heterocycles. The van der Waals surface area contributed by atoms with Gasteiger partial charge in [0.1, 0.15) is 6.07 Å². The predicted molar refractivity (Wildman–Crippen MR) is 48.3 cm³/mol. The third-order valence-electron chi connectivity index (χ3n) is 1.44. The van der Waals surface area contributed by atoms with E-state index in [9.17, 15) is 0 Å². The van der Waals surface area contributed by atoms with Gasteiger partial charge in [0, 0.05) is 5.56 Å². The highest BCUT2D eigenvalue weighted by Gasteiger charge is 1.94. The van der Waals surface area contributed by atoms with Crippen LogP contribution < -0.4 is 0 Å². The van der Waals surface area contributed by atoms with Crippen molar-refractivity contribution in [3.63, 3.8) is 0 Å². The monoisotopic (exact) mass is 166 g/mol. The second kappa shape index (κ2) is 4.60. The summed E-state index contributed by atoms with van der Waals surface area (Å²) in [7, 11) is 0. The van der Waals surface area contributed by atoms with E-state index in [1.54, 1.807) is 18.2 Å². The Morgan fingerprint density at radius 1 is 1.08 bits per heavy atom. The Balaban J connectivity index is 2.99. The molecule has 0 heterocycles. The largest absolute Gasteiger partial charge is 0.197 e. The highest BCUT2D eigenvalue weighted by Crippen LogP contribution is 2.04. The zero-order valence-electron chi connectivity index (χ0n) is 6.91. The molecule has 13 heavy (non-hydrogen) atoms. The molecule has 0 spiro atoms. The Labute approximate surface area is 77.0 Å². The summed E-state index contributed by atoms with van der Waals surface area (Å²) < 4.78 is 0. The van der Waals surface area contributed by atoms with E-state index in [4.69, 9.17) is 10.5 Å². The van der Waals surface area contributed by atoms with Gasteiger partial charge in [0.25, 0.3) is 0 Å². The lowest BCUT2D eigenvalue weighted by atomic mass is 10.1. The molecule has 1 rings (SSSR count). The van der Waals surface area contributed by atoms with Crippen LogP contribution in [0.5, 0.6) is 0 Å². The van der Waals surface area contributed by atoms with Crippen molar-refractivity contribution in [2.45, 2.75) is 6.42 Å². The van der Waals surface area contributed by atoms with E-state index in [1.807, 2.05) is 18.2 Å². The highest BCUT2D eigenvalue weighted by atomic mass is 14.2. The molecule has 0 atom stereocenters. The number of hydrogen-bond donors (Lipinski definition) is 0. The van der Waals surface area contributed by atoms with Gasteiger partial charge in [-0.3, -0.25) is 0 Å². The normalized spacial score (nSPS) is 7.54. The van der Waals surface area contributed by atoms with Gasteiger partial charge in [-0.2, -0.15) is 10.5 Å². The minimum atomic E-state index is 0.194. The van der Waals surface area contributed by atoms with Crippen molar-refractivity contribution in [2.75, 3.05) is 0 Å². The number of nitriles is 2. The first-order valence-corrected chi connectivity index (χ1v) is 3.73. The Bertz CT molecular complexity index is 436. The van der Waals surface area contributed by atoms with Gasteiger partial charge < -0.3 is 0 Å². The fourth-order valence-corrected chi connectivity index (χ4v) is 0.869. The third-order valence-corrected chi connectivity index (χ3v) is 1.44. The van der Waals surface area contributed by atoms with Gasteiger partial charge in [-0.1, -0.05) is 24.0 Å². The topological polar surface area (TPSA) is 47.6 Å². The predicted octanol–water partition coefficient (Wildman–Crippen LogP) is 1.82. The van der Waals surface area contributed by atoms with Crippen molar-refractivity contribution in [1.29, 1.82) is 10.5 Å². The molecule has 0 unspecified atom stereocenters. The van der Waals surface area contributed by atoms with Crippen molar-refractivity contribution in [3.8, 4) is 24.0 Å². The second-order valence-electron chi connectivity index (χ2n) is 2.29. The molecule has 0 radical (unpaired) electrons. The summed E-state index contributed by atoms with van der Waals surface area (Å²) in [5, 5.41) is 16.9. The van der Waals surface area contributed by atoms with Gasteiger partial charge in [0.15, 0.2) is 0 Å². The summed E-state index contributed by atoms with van der Waals surface area (Å²) >= 11 is 0. The van der Waals surface area contributed by atoms with Gasteiger partial charge >= 0.3 is 0 Å². The van der Waals surface area contributed by atoms with Gasteiger partial charge in [0.05, 0.1) is 18.1 Å². The summed E-state index contributed by atoms with van der Waals surface area (Å²) in [5.74, 6) is 5.43. The summed E-state index contributed by atoms with van der Waals surface area (Å²) in [6, 6.07) is 11.0. The van der Waals surface area contributed by atoms with E-state index in [0.29, 0.717) is 11.1 Å². The van der Waals surface area contributed by atoms with Crippen LogP contribution in [0.4, 0.5) is 0 Å². The molecule has 0 aliphatic carbocycles. The van der Waals surface area contributed by atoms with Crippen molar-refractivity contribution >= 4 is 0 Å². The molecule has 2 heteroatoms. The van der Waals surface area contributed by atoms with E-state index in [0.717, 1.165) is 0 Å². The van der Waals surface area contributed by atoms with Crippen LogP contribution in [-0.2, 0) is 0 Å². The minimum Gasteiger partial charge on any atom is -0.197 e. The van der Waals surface area contributed by atoms with E-state index >= 15 is 0 Å². The smallest absolute Gasteiger partial charge is 0.100 e. The zero-order chi connectivity index (χ0) is 9.52. The molecule has 2 nitrogen and oxygen atoms in total. The molecule has 0 saturated heterocycles. The highest BCUT2D eigenvalue weighted by molar-refractivity contribution is 5.47.